The molecule has 22 heavy (non-hydrogen) atoms. The zero-order valence-electron chi connectivity index (χ0n) is 13.8. The molecule has 1 aliphatic rings. The molecule has 122 valence electrons. The van der Waals surface area contributed by atoms with Crippen LogP contribution in [-0.2, 0) is 15.3 Å². The minimum absolute atomic E-state index is 0. The maximum absolute atomic E-state index is 4.97. The van der Waals surface area contributed by atoms with E-state index in [2.05, 4.69) is 72.1 Å². The Kier molecular flexibility index (Phi) is 3.88. The fourth-order valence-corrected chi connectivity index (χ4v) is 13.6. The minimum atomic E-state index is -4.36. The molecule has 1 nitrogen and oxygen atoms in total. The van der Waals surface area contributed by atoms with E-state index in [1.807, 2.05) is 0 Å². The van der Waals surface area contributed by atoms with E-state index in [9.17, 15) is 0 Å². The summed E-state index contributed by atoms with van der Waals surface area (Å²) in [7, 11) is 0. The van der Waals surface area contributed by atoms with Gasteiger partial charge in [-0.3, -0.25) is 0 Å². The first kappa shape index (κ1) is 19.6. The molecule has 1 aromatic carbocycles. The van der Waals surface area contributed by atoms with Crippen molar-refractivity contribution >= 4 is 43.3 Å². The molecule has 0 fully saturated rings. The van der Waals surface area contributed by atoms with Crippen LogP contribution in [0, 0.1) is 0 Å². The van der Waals surface area contributed by atoms with E-state index >= 15 is 0 Å². The number of para-hydroxylation sites is 1. The molecule has 1 aliphatic carbocycles. The standard InChI is InChI=1S/C8H6N.C5H5.4CH3.CH2.2ClH.Zr/c1-2-4-8-7(3-1)5-6-9-8;1-2-4-5-3-1;;;;;;;;/h1-5,9H;1-3H,4H2;4*1H3;1H2;2*1H;. The number of allylic oxidation sites excluding steroid dienone is 4. The van der Waals surface area contributed by atoms with Gasteiger partial charge in [0.15, 0.2) is 0 Å². The van der Waals surface area contributed by atoms with Gasteiger partial charge in [0.25, 0.3) is 0 Å². The Balaban J connectivity index is 0.00000121. The number of fused-ring (bicyclic) bond motifs is 1. The topological polar surface area (TPSA) is 15.8 Å². The number of halogens is 2. The first-order valence-corrected chi connectivity index (χ1v) is 21.5. The summed E-state index contributed by atoms with van der Waals surface area (Å²) in [6, 6.07) is 10.8. The maximum atomic E-state index is 4.97. The quantitative estimate of drug-likeness (QED) is 0.627. The van der Waals surface area contributed by atoms with E-state index in [4.69, 9.17) is 4.21 Å². The van der Waals surface area contributed by atoms with E-state index in [1.165, 1.54) is 17.6 Å². The van der Waals surface area contributed by atoms with E-state index in [-0.39, 0.29) is 24.8 Å². The third-order valence-electron chi connectivity index (χ3n) is 5.38. The van der Waals surface area contributed by atoms with Crippen LogP contribution < -0.4 is 3.40 Å². The zero-order chi connectivity index (χ0) is 14.8. The third kappa shape index (κ3) is 2.75. The van der Waals surface area contributed by atoms with E-state index in [1.54, 1.807) is 0 Å². The van der Waals surface area contributed by atoms with Gasteiger partial charge in [0.2, 0.25) is 0 Å². The number of rotatable bonds is 2. The first-order chi connectivity index (χ1) is 8.93. The summed E-state index contributed by atoms with van der Waals surface area (Å²) in [6.07, 6.45) is 7.74. The summed E-state index contributed by atoms with van der Waals surface area (Å²) in [5.74, 6) is 0. The van der Waals surface area contributed by atoms with Crippen molar-refractivity contribution in [3.8, 4) is 0 Å². The van der Waals surface area contributed by atoms with Crippen LogP contribution in [0.5, 0.6) is 0 Å². The van der Waals surface area contributed by atoms with Crippen molar-refractivity contribution in [1.29, 1.82) is 0 Å². The fraction of sp³-hybridized carbons (Fsp3) is 0.278. The Hall–Kier alpha value is -0.427. The first-order valence-electron chi connectivity index (χ1n) is 7.48. The average Bonchev–Trinajstić information content (AvgIpc) is 2.98. The second-order valence-corrected chi connectivity index (χ2v) is 47.3. The Labute approximate surface area is 139 Å². The molecule has 1 heterocycles. The molecule has 0 atom stereocenters. The van der Waals surface area contributed by atoms with Crippen LogP contribution in [0.3, 0.4) is 0 Å². The van der Waals surface area contributed by atoms with Gasteiger partial charge in [0, 0.05) is 0 Å². The Bertz CT molecular complexity index is 868. The van der Waals surface area contributed by atoms with Gasteiger partial charge in [-0.15, -0.1) is 24.8 Å². The van der Waals surface area contributed by atoms with Gasteiger partial charge in [-0.05, 0) is 0 Å². The molecule has 0 unspecified atom stereocenters. The third-order valence-corrected chi connectivity index (χ3v) is 22.1. The van der Waals surface area contributed by atoms with Gasteiger partial charge in [-0.2, -0.15) is 0 Å². The summed E-state index contributed by atoms with van der Waals surface area (Å²) in [5.41, 5.74) is 1.21. The summed E-state index contributed by atoms with van der Waals surface area (Å²) in [5, 5.41) is 1.28. The normalized spacial score (nSPS) is 19.1. The van der Waals surface area contributed by atoms with Gasteiger partial charge >= 0.3 is 116 Å². The van der Waals surface area contributed by atoms with Crippen molar-refractivity contribution in [2.45, 2.75) is 24.9 Å². The predicted molar refractivity (Wildman–Crippen MR) is 105 cm³/mol. The van der Waals surface area contributed by atoms with Crippen LogP contribution in [0.2, 0.25) is 18.5 Å². The van der Waals surface area contributed by atoms with Crippen molar-refractivity contribution in [3.05, 3.63) is 51.8 Å². The van der Waals surface area contributed by atoms with Crippen molar-refractivity contribution in [2.24, 2.45) is 0 Å². The zero-order valence-corrected chi connectivity index (χ0v) is 17.9. The molecule has 1 aromatic heterocycles. The fourth-order valence-electron chi connectivity index (χ4n) is 3.36. The molecule has 0 saturated carbocycles. The van der Waals surface area contributed by atoms with Gasteiger partial charge in [-0.1, -0.05) is 0 Å². The molecule has 0 radical (unpaired) electrons. The molecular weight excluding hydrogens is 392 g/mol. The average molecular weight is 420 g/mol. The molecule has 1 N–H and O–H groups in total. The molecule has 0 amide bonds. The van der Waals surface area contributed by atoms with Crippen LogP contribution in [-0.4, -0.2) is 9.20 Å². The number of aromatic nitrogens is 1. The number of aromatic amines is 1. The molecule has 0 saturated heterocycles. The van der Waals surface area contributed by atoms with Crippen molar-refractivity contribution in [3.63, 3.8) is 0 Å². The second-order valence-electron chi connectivity index (χ2n) is 10.5. The number of hydrogen-bond acceptors (Lipinski definition) is 0. The van der Waals surface area contributed by atoms with E-state index in [0.29, 0.717) is 0 Å². The van der Waals surface area contributed by atoms with Gasteiger partial charge in [0.1, 0.15) is 0 Å². The molecule has 3 rings (SSSR count). The summed E-state index contributed by atoms with van der Waals surface area (Å²) >= 11 is -4.36. The Morgan fingerprint density at radius 3 is 2.23 bits per heavy atom. The molecule has 0 aliphatic heterocycles. The van der Waals surface area contributed by atoms with Gasteiger partial charge in [-0.25, -0.2) is 0 Å². The number of nitrogens with one attached hydrogen (secondary N) is 1. The molecule has 2 aromatic rings. The number of H-pyrrole nitrogens is 1. The van der Waals surface area contributed by atoms with E-state index in [0.717, 1.165) is 6.42 Å². The number of benzene rings is 1. The van der Waals surface area contributed by atoms with Crippen LogP contribution in [0.25, 0.3) is 10.9 Å². The molecular formula is C18H27Cl2NZr. The second kappa shape index (κ2) is 4.35. The van der Waals surface area contributed by atoms with Crippen LogP contribution in [0.4, 0.5) is 0 Å². The summed E-state index contributed by atoms with van der Waals surface area (Å²) < 4.78 is 17.5. The SMILES string of the molecule is Cl.Cl.[CH2]=[Zr]([CH3])([CH3])([CH3])([CH3])([C]1=CC=CC1)[c]1cc2ccccc2[nH]1. The van der Waals surface area contributed by atoms with Gasteiger partial charge in [0.05, 0.1) is 0 Å². The molecule has 4 heteroatoms. The van der Waals surface area contributed by atoms with Crippen LogP contribution in [0.15, 0.2) is 51.8 Å². The molecule has 0 spiro atoms. The Morgan fingerprint density at radius 2 is 1.68 bits per heavy atom. The van der Waals surface area contributed by atoms with E-state index < -0.39 is 15.3 Å². The predicted octanol–water partition coefficient (Wildman–Crippen LogP) is 5.87. The van der Waals surface area contributed by atoms with Crippen molar-refractivity contribution < 1.29 is 15.3 Å². The van der Waals surface area contributed by atoms with Gasteiger partial charge < -0.3 is 0 Å². The van der Waals surface area contributed by atoms with Crippen molar-refractivity contribution in [1.82, 2.24) is 4.98 Å². The molecule has 0 bridgehead atoms. The number of hydrogen-bond donors (Lipinski definition) is 1. The Morgan fingerprint density at radius 1 is 1.05 bits per heavy atom. The van der Waals surface area contributed by atoms with Crippen molar-refractivity contribution in [2.75, 3.05) is 0 Å². The van der Waals surface area contributed by atoms with Crippen LogP contribution >= 0.6 is 24.8 Å². The van der Waals surface area contributed by atoms with Crippen LogP contribution in [0.1, 0.15) is 6.42 Å². The monoisotopic (exact) mass is 417 g/mol. The summed E-state index contributed by atoms with van der Waals surface area (Å²) in [4.78, 5) is 3.69. The summed E-state index contributed by atoms with van der Waals surface area (Å²) in [6.45, 7) is 0.